The molecule has 0 aromatic heterocycles. The van der Waals surface area contributed by atoms with Gasteiger partial charge in [0.05, 0.1) is 24.1 Å². The van der Waals surface area contributed by atoms with E-state index in [0.717, 1.165) is 17.4 Å². The molecule has 0 saturated carbocycles. The number of carbonyl (C=O) groups is 1. The third kappa shape index (κ3) is 5.16. The third-order valence-electron chi connectivity index (χ3n) is 4.42. The highest BCUT2D eigenvalue weighted by Crippen LogP contribution is 2.27. The summed E-state index contributed by atoms with van der Waals surface area (Å²) in [6.07, 6.45) is 1.13. The van der Waals surface area contributed by atoms with Crippen LogP contribution in [0.5, 0.6) is 0 Å². The zero-order chi connectivity index (χ0) is 21.0. The average molecular weight is 429 g/mol. The number of halogens is 1. The van der Waals surface area contributed by atoms with Gasteiger partial charge in [0.25, 0.3) is 5.91 Å². The van der Waals surface area contributed by atoms with Crippen molar-refractivity contribution >= 4 is 38.9 Å². The number of rotatable bonds is 6. The Bertz CT molecular complexity index is 1130. The largest absolute Gasteiger partial charge is 0.322 e. The van der Waals surface area contributed by atoms with Crippen molar-refractivity contribution in [1.82, 2.24) is 0 Å². The lowest BCUT2D eigenvalue weighted by atomic mass is 10.1. The number of sulfonamides is 1. The monoisotopic (exact) mass is 428 g/mol. The molecule has 7 heteroatoms. The van der Waals surface area contributed by atoms with Gasteiger partial charge in [-0.05, 0) is 48.4 Å². The summed E-state index contributed by atoms with van der Waals surface area (Å²) in [5.74, 6) is -0.396. The predicted molar refractivity (Wildman–Crippen MR) is 118 cm³/mol. The molecule has 0 aliphatic rings. The van der Waals surface area contributed by atoms with E-state index in [4.69, 9.17) is 11.6 Å². The maximum Gasteiger partial charge on any atom is 0.257 e. The highest BCUT2D eigenvalue weighted by Gasteiger charge is 2.23. The highest BCUT2D eigenvalue weighted by molar-refractivity contribution is 7.92. The zero-order valence-electron chi connectivity index (χ0n) is 16.1. The van der Waals surface area contributed by atoms with Crippen molar-refractivity contribution in [3.05, 3.63) is 94.5 Å². The van der Waals surface area contributed by atoms with Gasteiger partial charge in [0.2, 0.25) is 10.0 Å². The first kappa shape index (κ1) is 20.9. The molecule has 0 aliphatic heterocycles. The highest BCUT2D eigenvalue weighted by atomic mass is 35.5. The molecule has 3 aromatic rings. The Hall–Kier alpha value is -2.83. The van der Waals surface area contributed by atoms with Crippen molar-refractivity contribution in [1.29, 1.82) is 0 Å². The zero-order valence-corrected chi connectivity index (χ0v) is 17.7. The summed E-state index contributed by atoms with van der Waals surface area (Å²) in [5.41, 5.74) is 2.84. The molecule has 0 bridgehead atoms. The molecular weight excluding hydrogens is 408 g/mol. The van der Waals surface area contributed by atoms with E-state index in [0.29, 0.717) is 16.4 Å². The van der Waals surface area contributed by atoms with E-state index in [1.54, 1.807) is 42.5 Å². The van der Waals surface area contributed by atoms with Crippen LogP contribution in [0.1, 0.15) is 21.5 Å². The SMILES string of the molecule is Cc1cc(Cl)ccc1NC(=O)c1ccccc1N(Cc1ccccc1)S(C)(=O)=O. The van der Waals surface area contributed by atoms with Gasteiger partial charge in [-0.1, -0.05) is 54.1 Å². The Morgan fingerprint density at radius 3 is 2.31 bits per heavy atom. The molecule has 0 heterocycles. The lowest BCUT2D eigenvalue weighted by Crippen LogP contribution is -2.31. The quantitative estimate of drug-likeness (QED) is 0.609. The number of hydrogen-bond acceptors (Lipinski definition) is 3. The summed E-state index contributed by atoms with van der Waals surface area (Å²) in [6, 6.07) is 21.1. The summed E-state index contributed by atoms with van der Waals surface area (Å²) in [6.45, 7) is 1.97. The maximum atomic E-state index is 13.0. The molecule has 0 aliphatic carbocycles. The van der Waals surface area contributed by atoms with E-state index in [-0.39, 0.29) is 12.1 Å². The Labute approximate surface area is 176 Å². The average Bonchev–Trinajstić information content (AvgIpc) is 2.68. The molecule has 0 saturated heterocycles. The summed E-state index contributed by atoms with van der Waals surface area (Å²) in [7, 11) is -3.62. The molecule has 5 nitrogen and oxygen atoms in total. The van der Waals surface area contributed by atoms with Gasteiger partial charge in [0, 0.05) is 10.7 Å². The molecule has 3 aromatic carbocycles. The van der Waals surface area contributed by atoms with Crippen molar-refractivity contribution in [3.8, 4) is 0 Å². The second kappa shape index (κ2) is 8.68. The van der Waals surface area contributed by atoms with E-state index in [1.807, 2.05) is 37.3 Å². The number of nitrogens with zero attached hydrogens (tertiary/aromatic N) is 1. The fourth-order valence-corrected chi connectivity index (χ4v) is 4.10. The molecule has 150 valence electrons. The molecule has 1 N–H and O–H groups in total. The lowest BCUT2D eigenvalue weighted by molar-refractivity contribution is 0.102. The van der Waals surface area contributed by atoms with Crippen LogP contribution >= 0.6 is 11.6 Å². The van der Waals surface area contributed by atoms with E-state index in [9.17, 15) is 13.2 Å². The van der Waals surface area contributed by atoms with Gasteiger partial charge in [-0.2, -0.15) is 0 Å². The van der Waals surface area contributed by atoms with Gasteiger partial charge in [-0.25, -0.2) is 8.42 Å². The van der Waals surface area contributed by atoms with Crippen molar-refractivity contribution in [2.45, 2.75) is 13.5 Å². The topological polar surface area (TPSA) is 66.5 Å². The Morgan fingerprint density at radius 2 is 1.66 bits per heavy atom. The van der Waals surface area contributed by atoms with Crippen molar-refractivity contribution in [2.24, 2.45) is 0 Å². The number of amides is 1. The van der Waals surface area contributed by atoms with Crippen LogP contribution in [0.3, 0.4) is 0 Å². The van der Waals surface area contributed by atoms with Crippen molar-refractivity contribution < 1.29 is 13.2 Å². The first-order chi connectivity index (χ1) is 13.8. The number of carbonyl (C=O) groups excluding carboxylic acids is 1. The van der Waals surface area contributed by atoms with Gasteiger partial charge >= 0.3 is 0 Å². The predicted octanol–water partition coefficient (Wildman–Crippen LogP) is 4.87. The Morgan fingerprint density at radius 1 is 1.00 bits per heavy atom. The van der Waals surface area contributed by atoms with E-state index >= 15 is 0 Å². The van der Waals surface area contributed by atoms with Gasteiger partial charge in [-0.3, -0.25) is 9.10 Å². The molecule has 29 heavy (non-hydrogen) atoms. The number of hydrogen-bond donors (Lipinski definition) is 1. The summed E-state index contributed by atoms with van der Waals surface area (Å²) < 4.78 is 26.3. The molecule has 0 fully saturated rings. The number of aryl methyl sites for hydroxylation is 1. The minimum Gasteiger partial charge on any atom is -0.322 e. The first-order valence-corrected chi connectivity index (χ1v) is 11.2. The molecule has 0 radical (unpaired) electrons. The number of benzene rings is 3. The van der Waals surface area contributed by atoms with E-state index in [2.05, 4.69) is 5.32 Å². The van der Waals surface area contributed by atoms with Crippen LogP contribution in [0.2, 0.25) is 5.02 Å². The Balaban J connectivity index is 1.98. The Kier molecular flexibility index (Phi) is 6.25. The van der Waals surface area contributed by atoms with Crippen LogP contribution in [0.25, 0.3) is 0 Å². The van der Waals surface area contributed by atoms with Gasteiger partial charge < -0.3 is 5.32 Å². The first-order valence-electron chi connectivity index (χ1n) is 8.94. The summed E-state index contributed by atoms with van der Waals surface area (Å²) in [5, 5.41) is 3.42. The van der Waals surface area contributed by atoms with E-state index in [1.165, 1.54) is 4.31 Å². The smallest absolute Gasteiger partial charge is 0.257 e. The molecular formula is C22H21ClN2O3S. The van der Waals surface area contributed by atoms with Crippen LogP contribution in [0, 0.1) is 6.92 Å². The summed E-state index contributed by atoms with van der Waals surface area (Å²) in [4.78, 5) is 13.0. The second-order valence-electron chi connectivity index (χ2n) is 6.69. The number of anilines is 2. The number of nitrogens with one attached hydrogen (secondary N) is 1. The standard InChI is InChI=1S/C22H21ClN2O3S/c1-16-14-18(23)12-13-20(16)24-22(26)19-10-6-7-11-21(19)25(29(2,27)28)15-17-8-4-3-5-9-17/h3-14H,15H2,1-2H3,(H,24,26). The van der Waals surface area contributed by atoms with Crippen molar-refractivity contribution in [2.75, 3.05) is 15.9 Å². The minimum absolute atomic E-state index is 0.129. The minimum atomic E-state index is -3.62. The van der Waals surface area contributed by atoms with E-state index < -0.39 is 15.9 Å². The fourth-order valence-electron chi connectivity index (χ4n) is 2.97. The molecule has 1 amide bonds. The molecule has 0 spiro atoms. The molecule has 0 unspecified atom stereocenters. The lowest BCUT2D eigenvalue weighted by Gasteiger charge is -2.25. The number of para-hydroxylation sites is 1. The van der Waals surface area contributed by atoms with Gasteiger partial charge in [0.15, 0.2) is 0 Å². The maximum absolute atomic E-state index is 13.0. The van der Waals surface area contributed by atoms with Crippen LogP contribution < -0.4 is 9.62 Å². The van der Waals surface area contributed by atoms with Crippen LogP contribution in [0.4, 0.5) is 11.4 Å². The normalized spacial score (nSPS) is 11.1. The van der Waals surface area contributed by atoms with Crippen LogP contribution in [-0.2, 0) is 16.6 Å². The van der Waals surface area contributed by atoms with Gasteiger partial charge in [0.1, 0.15) is 0 Å². The van der Waals surface area contributed by atoms with Gasteiger partial charge in [-0.15, -0.1) is 0 Å². The van der Waals surface area contributed by atoms with Crippen LogP contribution in [0.15, 0.2) is 72.8 Å². The summed E-state index contributed by atoms with van der Waals surface area (Å²) >= 11 is 5.98. The molecule has 3 rings (SSSR count). The van der Waals surface area contributed by atoms with Crippen molar-refractivity contribution in [3.63, 3.8) is 0 Å². The van der Waals surface area contributed by atoms with Crippen LogP contribution in [-0.4, -0.2) is 20.6 Å². The molecule has 0 atom stereocenters. The fraction of sp³-hybridized carbons (Fsp3) is 0.136. The third-order valence-corrected chi connectivity index (χ3v) is 5.78. The second-order valence-corrected chi connectivity index (χ2v) is 9.03.